The number of carbonyl (C=O) groups excluding carboxylic acids is 1. The second kappa shape index (κ2) is 7.25. The largest absolute Gasteiger partial charge is 0.383 e. The summed E-state index contributed by atoms with van der Waals surface area (Å²) in [6.45, 7) is 9.10. The zero-order valence-electron chi connectivity index (χ0n) is 12.4. The molecule has 106 valence electrons. The lowest BCUT2D eigenvalue weighted by atomic mass is 9.83. The van der Waals surface area contributed by atoms with Gasteiger partial charge < -0.3 is 9.53 Å². The van der Waals surface area contributed by atoms with Crippen molar-refractivity contribution in [1.82, 2.24) is 4.90 Å². The van der Waals surface area contributed by atoms with E-state index in [0.717, 1.165) is 38.5 Å². The van der Waals surface area contributed by atoms with Crippen LogP contribution in [0.2, 0.25) is 0 Å². The van der Waals surface area contributed by atoms with Crippen LogP contribution in [0.15, 0.2) is 0 Å². The van der Waals surface area contributed by atoms with Gasteiger partial charge in [-0.15, -0.1) is 0 Å². The van der Waals surface area contributed by atoms with Crippen LogP contribution >= 0.6 is 0 Å². The van der Waals surface area contributed by atoms with Crippen molar-refractivity contribution < 1.29 is 9.53 Å². The summed E-state index contributed by atoms with van der Waals surface area (Å²) in [6, 6.07) is 0.581. The molecule has 1 saturated carbocycles. The summed E-state index contributed by atoms with van der Waals surface area (Å²) in [5, 5.41) is 0. The first kappa shape index (κ1) is 15.6. The topological polar surface area (TPSA) is 29.5 Å². The fourth-order valence-electron chi connectivity index (χ4n) is 2.59. The first-order valence-electron chi connectivity index (χ1n) is 7.31. The summed E-state index contributed by atoms with van der Waals surface area (Å²) in [5.74, 6) is 0.833. The standard InChI is InChI=1S/C15H29NO2/c1-5-15(6-2,12-17)11-16(9-10-18-4)13(3)14-7-8-14/h12-14H,5-11H2,1-4H3. The Balaban J connectivity index is 2.65. The van der Waals surface area contributed by atoms with Gasteiger partial charge in [-0.1, -0.05) is 13.8 Å². The molecule has 1 aliphatic rings. The molecule has 1 fully saturated rings. The highest BCUT2D eigenvalue weighted by Gasteiger charge is 2.36. The van der Waals surface area contributed by atoms with E-state index in [4.69, 9.17) is 4.74 Å². The van der Waals surface area contributed by atoms with Crippen LogP contribution in [0.5, 0.6) is 0 Å². The monoisotopic (exact) mass is 255 g/mol. The Morgan fingerprint density at radius 3 is 2.39 bits per heavy atom. The van der Waals surface area contributed by atoms with Crippen LogP contribution in [0.3, 0.4) is 0 Å². The van der Waals surface area contributed by atoms with Crippen molar-refractivity contribution in [3.8, 4) is 0 Å². The zero-order chi connectivity index (χ0) is 13.6. The predicted molar refractivity (Wildman–Crippen MR) is 74.7 cm³/mol. The average molecular weight is 255 g/mol. The van der Waals surface area contributed by atoms with E-state index in [0.29, 0.717) is 6.04 Å². The van der Waals surface area contributed by atoms with Crippen molar-refractivity contribution >= 4 is 6.29 Å². The lowest BCUT2D eigenvalue weighted by Crippen LogP contribution is -2.45. The third kappa shape index (κ3) is 4.06. The number of rotatable bonds is 10. The second-order valence-electron chi connectivity index (χ2n) is 5.73. The van der Waals surface area contributed by atoms with Crippen molar-refractivity contribution in [2.45, 2.75) is 52.5 Å². The molecule has 1 unspecified atom stereocenters. The van der Waals surface area contributed by atoms with Gasteiger partial charge in [0.1, 0.15) is 6.29 Å². The maximum atomic E-state index is 11.4. The predicted octanol–water partition coefficient (Wildman–Crippen LogP) is 2.74. The van der Waals surface area contributed by atoms with E-state index < -0.39 is 0 Å². The smallest absolute Gasteiger partial charge is 0.127 e. The second-order valence-corrected chi connectivity index (χ2v) is 5.73. The molecule has 0 heterocycles. The molecule has 0 aromatic heterocycles. The summed E-state index contributed by atoms with van der Waals surface area (Å²) in [7, 11) is 1.74. The Morgan fingerprint density at radius 1 is 1.39 bits per heavy atom. The van der Waals surface area contributed by atoms with E-state index in [9.17, 15) is 4.79 Å². The van der Waals surface area contributed by atoms with E-state index in [2.05, 4.69) is 25.7 Å². The first-order chi connectivity index (χ1) is 8.62. The average Bonchev–Trinajstić information content (AvgIpc) is 3.24. The highest BCUT2D eigenvalue weighted by molar-refractivity contribution is 5.59. The molecule has 0 spiro atoms. The summed E-state index contributed by atoms with van der Waals surface area (Å²) in [6.07, 6.45) is 5.71. The van der Waals surface area contributed by atoms with E-state index in [-0.39, 0.29) is 5.41 Å². The summed E-state index contributed by atoms with van der Waals surface area (Å²) < 4.78 is 5.21. The van der Waals surface area contributed by atoms with Gasteiger partial charge in [-0.05, 0) is 38.5 Å². The number of hydrogen-bond acceptors (Lipinski definition) is 3. The molecular formula is C15H29NO2. The third-order valence-electron chi connectivity index (χ3n) is 4.64. The molecule has 0 amide bonds. The van der Waals surface area contributed by atoms with Crippen LogP contribution in [0.1, 0.15) is 46.5 Å². The Kier molecular flexibility index (Phi) is 6.30. The van der Waals surface area contributed by atoms with E-state index >= 15 is 0 Å². The molecule has 0 N–H and O–H groups in total. The molecule has 0 aliphatic heterocycles. The maximum Gasteiger partial charge on any atom is 0.127 e. The van der Waals surface area contributed by atoms with Crippen molar-refractivity contribution in [3.63, 3.8) is 0 Å². The molecule has 0 radical (unpaired) electrons. The highest BCUT2D eigenvalue weighted by atomic mass is 16.5. The van der Waals surface area contributed by atoms with Crippen molar-refractivity contribution in [2.75, 3.05) is 26.8 Å². The summed E-state index contributed by atoms with van der Waals surface area (Å²) in [5.41, 5.74) is -0.170. The zero-order valence-corrected chi connectivity index (χ0v) is 12.4. The van der Waals surface area contributed by atoms with Gasteiger partial charge in [0.2, 0.25) is 0 Å². The molecule has 18 heavy (non-hydrogen) atoms. The number of hydrogen-bond donors (Lipinski definition) is 0. The molecule has 1 aliphatic carbocycles. The number of carbonyl (C=O) groups is 1. The lowest BCUT2D eigenvalue weighted by molar-refractivity contribution is -0.118. The van der Waals surface area contributed by atoms with Gasteiger partial charge in [0, 0.05) is 31.7 Å². The van der Waals surface area contributed by atoms with Gasteiger partial charge in [0.15, 0.2) is 0 Å². The molecule has 0 saturated heterocycles. The van der Waals surface area contributed by atoms with Gasteiger partial charge in [0.25, 0.3) is 0 Å². The van der Waals surface area contributed by atoms with Gasteiger partial charge in [-0.2, -0.15) is 0 Å². The Hall–Kier alpha value is -0.410. The fourth-order valence-corrected chi connectivity index (χ4v) is 2.59. The summed E-state index contributed by atoms with van der Waals surface area (Å²) >= 11 is 0. The lowest BCUT2D eigenvalue weighted by Gasteiger charge is -2.36. The number of nitrogens with zero attached hydrogens (tertiary/aromatic N) is 1. The van der Waals surface area contributed by atoms with Crippen LogP contribution in [-0.4, -0.2) is 44.0 Å². The maximum absolute atomic E-state index is 11.4. The minimum Gasteiger partial charge on any atom is -0.383 e. The van der Waals surface area contributed by atoms with E-state index in [1.165, 1.54) is 19.1 Å². The van der Waals surface area contributed by atoms with Crippen molar-refractivity contribution in [2.24, 2.45) is 11.3 Å². The molecule has 0 aromatic rings. The van der Waals surface area contributed by atoms with Crippen molar-refractivity contribution in [1.29, 1.82) is 0 Å². The minimum atomic E-state index is -0.170. The minimum absolute atomic E-state index is 0.170. The third-order valence-corrected chi connectivity index (χ3v) is 4.64. The number of aldehydes is 1. The molecule has 1 rings (SSSR count). The van der Waals surface area contributed by atoms with Gasteiger partial charge >= 0.3 is 0 Å². The van der Waals surface area contributed by atoms with Gasteiger partial charge in [-0.25, -0.2) is 0 Å². The Bertz CT molecular complexity index is 247. The highest BCUT2D eigenvalue weighted by Crippen LogP contribution is 2.36. The van der Waals surface area contributed by atoms with Crippen molar-refractivity contribution in [3.05, 3.63) is 0 Å². The molecular weight excluding hydrogens is 226 g/mol. The summed E-state index contributed by atoms with van der Waals surface area (Å²) in [4.78, 5) is 13.9. The first-order valence-corrected chi connectivity index (χ1v) is 7.31. The number of methoxy groups -OCH3 is 1. The van der Waals surface area contributed by atoms with Crippen LogP contribution in [0, 0.1) is 11.3 Å². The fraction of sp³-hybridized carbons (Fsp3) is 0.933. The Morgan fingerprint density at radius 2 is 2.00 bits per heavy atom. The molecule has 1 atom stereocenters. The van der Waals surface area contributed by atoms with Crippen LogP contribution in [0.25, 0.3) is 0 Å². The van der Waals surface area contributed by atoms with E-state index in [1.807, 2.05) is 0 Å². The van der Waals surface area contributed by atoms with Crippen LogP contribution in [0.4, 0.5) is 0 Å². The molecule has 0 bridgehead atoms. The number of ether oxygens (including phenoxy) is 1. The van der Waals surface area contributed by atoms with Gasteiger partial charge in [0.05, 0.1) is 6.61 Å². The molecule has 0 aromatic carbocycles. The SMILES string of the molecule is CCC(C=O)(CC)CN(CCOC)C(C)C1CC1. The quantitative estimate of drug-likeness (QED) is 0.562. The van der Waals surface area contributed by atoms with E-state index in [1.54, 1.807) is 7.11 Å². The van der Waals surface area contributed by atoms with Crippen LogP contribution < -0.4 is 0 Å². The molecule has 3 nitrogen and oxygen atoms in total. The van der Waals surface area contributed by atoms with Gasteiger partial charge in [-0.3, -0.25) is 4.90 Å². The van der Waals surface area contributed by atoms with Crippen LogP contribution in [-0.2, 0) is 9.53 Å². The normalized spacial score (nSPS) is 18.1. The Labute approximate surface area is 112 Å². The molecule has 3 heteroatoms.